The van der Waals surface area contributed by atoms with Crippen LogP contribution in [0.4, 0.5) is 4.79 Å². The van der Waals surface area contributed by atoms with Crippen LogP contribution in [0.1, 0.15) is 70.6 Å². The van der Waals surface area contributed by atoms with Crippen LogP contribution in [0.25, 0.3) is 0 Å². The first-order valence-electron chi connectivity index (χ1n) is 12.0. The van der Waals surface area contributed by atoms with Gasteiger partial charge in [-0.05, 0) is 68.9 Å². The summed E-state index contributed by atoms with van der Waals surface area (Å²) < 4.78 is 27.3. The predicted octanol–water partition coefficient (Wildman–Crippen LogP) is 4.71. The molecule has 6 nitrogen and oxygen atoms in total. The first-order chi connectivity index (χ1) is 14.9. The molecular formula is C24H34N2O4S. The molecule has 0 aromatic heterocycles. The van der Waals surface area contributed by atoms with Gasteiger partial charge in [0.15, 0.2) is 0 Å². The third kappa shape index (κ3) is 3.99. The zero-order valence-electron chi connectivity index (χ0n) is 18.1. The van der Waals surface area contributed by atoms with Crippen molar-refractivity contribution in [1.29, 1.82) is 0 Å². The van der Waals surface area contributed by atoms with E-state index in [1.54, 1.807) is 18.2 Å². The highest BCUT2D eigenvalue weighted by Gasteiger charge is 2.48. The summed E-state index contributed by atoms with van der Waals surface area (Å²) in [5, 5.41) is 9.94. The van der Waals surface area contributed by atoms with Crippen molar-refractivity contribution in [1.82, 2.24) is 9.21 Å². The number of piperidine rings is 2. The number of amides is 1. The van der Waals surface area contributed by atoms with Crippen molar-refractivity contribution in [3.05, 3.63) is 30.3 Å². The predicted molar refractivity (Wildman–Crippen MR) is 118 cm³/mol. The molecule has 1 aromatic rings. The Morgan fingerprint density at radius 1 is 0.839 bits per heavy atom. The van der Waals surface area contributed by atoms with Crippen LogP contribution in [0, 0.1) is 11.8 Å². The van der Waals surface area contributed by atoms with Gasteiger partial charge in [-0.3, -0.25) is 4.90 Å². The number of sulfonamides is 1. The Hall–Kier alpha value is -1.60. The highest BCUT2D eigenvalue weighted by molar-refractivity contribution is 7.89. The number of rotatable bonds is 4. The quantitative estimate of drug-likeness (QED) is 0.725. The van der Waals surface area contributed by atoms with E-state index in [0.29, 0.717) is 31.0 Å². The topological polar surface area (TPSA) is 77.9 Å². The van der Waals surface area contributed by atoms with Crippen molar-refractivity contribution in [2.75, 3.05) is 0 Å². The summed E-state index contributed by atoms with van der Waals surface area (Å²) in [6, 6.07) is 8.73. The van der Waals surface area contributed by atoms with E-state index in [-0.39, 0.29) is 4.90 Å². The highest BCUT2D eigenvalue weighted by Crippen LogP contribution is 2.46. The van der Waals surface area contributed by atoms with Crippen molar-refractivity contribution in [2.45, 2.75) is 99.7 Å². The molecule has 2 saturated heterocycles. The van der Waals surface area contributed by atoms with E-state index in [0.717, 1.165) is 35.4 Å². The van der Waals surface area contributed by atoms with E-state index < -0.39 is 22.2 Å². The Balaban J connectivity index is 1.38. The van der Waals surface area contributed by atoms with Gasteiger partial charge in [0.05, 0.1) is 10.9 Å². The second-order valence-corrected chi connectivity index (χ2v) is 12.0. The third-order valence-corrected chi connectivity index (χ3v) is 10.2. The molecule has 1 N–H and O–H groups in total. The molecule has 6 atom stereocenters. The van der Waals surface area contributed by atoms with Crippen molar-refractivity contribution >= 4 is 16.1 Å². The first-order valence-corrected chi connectivity index (χ1v) is 13.5. The van der Waals surface area contributed by atoms with Crippen molar-refractivity contribution in [3.63, 3.8) is 0 Å². The molecule has 7 heteroatoms. The Labute approximate surface area is 185 Å². The van der Waals surface area contributed by atoms with Crippen LogP contribution in [-0.4, -0.2) is 53.0 Å². The fraction of sp³-hybridized carbons (Fsp3) is 0.708. The van der Waals surface area contributed by atoms with Crippen molar-refractivity contribution in [2.24, 2.45) is 11.8 Å². The van der Waals surface area contributed by atoms with Gasteiger partial charge < -0.3 is 5.11 Å². The molecule has 1 aromatic carbocycles. The van der Waals surface area contributed by atoms with E-state index in [2.05, 4.69) is 4.90 Å². The molecule has 4 bridgehead atoms. The molecule has 2 aliphatic heterocycles. The minimum Gasteiger partial charge on any atom is -0.464 e. The zero-order valence-corrected chi connectivity index (χ0v) is 18.9. The molecule has 2 saturated carbocycles. The fourth-order valence-corrected chi connectivity index (χ4v) is 8.78. The Kier molecular flexibility index (Phi) is 5.76. The lowest BCUT2D eigenvalue weighted by Crippen LogP contribution is -2.62. The summed E-state index contributed by atoms with van der Waals surface area (Å²) >= 11 is 0. The second-order valence-electron chi connectivity index (χ2n) is 10.2. The Morgan fingerprint density at radius 2 is 1.42 bits per heavy atom. The zero-order chi connectivity index (χ0) is 21.6. The lowest BCUT2D eigenvalue weighted by Gasteiger charge is -2.56. The summed E-state index contributed by atoms with van der Waals surface area (Å²) in [6.45, 7) is 0. The molecule has 5 rings (SSSR count). The number of hydrogen-bond donors (Lipinski definition) is 1. The standard InChI is InChI=1S/C24H34N2O4S/c27-24(28)26(31(29,30)23-10-2-1-3-11-23)22-15-19-8-5-9-20(16-22)25(19)21-13-17-6-4-7-18(12-17)14-21/h1-3,10-11,17-22H,4-9,12-16H2,(H,27,28)/t17-,18+,19-,20+,21+,22+. The second kappa shape index (κ2) is 8.39. The third-order valence-electron chi connectivity index (χ3n) is 8.35. The number of benzene rings is 1. The van der Waals surface area contributed by atoms with Gasteiger partial charge in [0.25, 0.3) is 10.0 Å². The van der Waals surface area contributed by atoms with Crippen LogP contribution >= 0.6 is 0 Å². The van der Waals surface area contributed by atoms with E-state index >= 15 is 0 Å². The van der Waals surface area contributed by atoms with Crippen LogP contribution < -0.4 is 0 Å². The summed E-state index contributed by atoms with van der Waals surface area (Å²) in [5.41, 5.74) is 0. The number of carbonyl (C=O) groups is 1. The van der Waals surface area contributed by atoms with E-state index in [9.17, 15) is 18.3 Å². The van der Waals surface area contributed by atoms with Gasteiger partial charge in [-0.15, -0.1) is 0 Å². The van der Waals surface area contributed by atoms with Gasteiger partial charge in [0.2, 0.25) is 0 Å². The molecule has 4 aliphatic rings. The normalized spacial score (nSPS) is 36.0. The Bertz CT molecular complexity index is 879. The number of carboxylic acid groups (broad SMARTS) is 1. The SMILES string of the molecule is O=C(O)N([C@H]1C[C@H]2CCC[C@@H](C1)N2[C@H]1C[C@@H]2CCC[C@@H](C2)C1)S(=O)(=O)c1ccccc1. The molecular weight excluding hydrogens is 412 g/mol. The monoisotopic (exact) mass is 446 g/mol. The molecule has 170 valence electrons. The van der Waals surface area contributed by atoms with Crippen molar-refractivity contribution in [3.8, 4) is 0 Å². The van der Waals surface area contributed by atoms with Gasteiger partial charge in [-0.1, -0.05) is 43.9 Å². The van der Waals surface area contributed by atoms with Gasteiger partial charge in [0.1, 0.15) is 0 Å². The van der Waals surface area contributed by atoms with E-state index in [4.69, 9.17) is 0 Å². The lowest BCUT2D eigenvalue weighted by molar-refractivity contribution is -0.0502. The summed E-state index contributed by atoms with van der Waals surface area (Å²) in [6.07, 6.45) is 11.2. The van der Waals surface area contributed by atoms with E-state index in [1.807, 2.05) is 0 Å². The number of hydrogen-bond acceptors (Lipinski definition) is 4. The molecule has 4 fully saturated rings. The minimum atomic E-state index is -4.07. The molecule has 0 radical (unpaired) electrons. The van der Waals surface area contributed by atoms with Crippen LogP contribution in [0.2, 0.25) is 0 Å². The molecule has 2 heterocycles. The average Bonchev–Trinajstić information content (AvgIpc) is 2.73. The first kappa shape index (κ1) is 21.3. The summed E-state index contributed by atoms with van der Waals surface area (Å²) in [5.74, 6) is 1.70. The molecule has 0 spiro atoms. The summed E-state index contributed by atoms with van der Waals surface area (Å²) in [4.78, 5) is 15.0. The maximum Gasteiger partial charge on any atom is 0.421 e. The molecule has 1 amide bonds. The molecule has 2 aliphatic carbocycles. The van der Waals surface area contributed by atoms with Crippen LogP contribution in [-0.2, 0) is 10.0 Å². The average molecular weight is 447 g/mol. The van der Waals surface area contributed by atoms with Gasteiger partial charge in [-0.25, -0.2) is 13.2 Å². The summed E-state index contributed by atoms with van der Waals surface area (Å²) in [7, 11) is -4.07. The Morgan fingerprint density at radius 3 is 2.00 bits per heavy atom. The van der Waals surface area contributed by atoms with Crippen molar-refractivity contribution < 1.29 is 18.3 Å². The number of fused-ring (bicyclic) bond motifs is 4. The maximum absolute atomic E-state index is 13.2. The van der Waals surface area contributed by atoms with E-state index in [1.165, 1.54) is 50.7 Å². The van der Waals surface area contributed by atoms with Gasteiger partial charge in [-0.2, -0.15) is 4.31 Å². The van der Waals surface area contributed by atoms with Crippen LogP contribution in [0.15, 0.2) is 35.2 Å². The number of nitrogens with zero attached hydrogens (tertiary/aromatic N) is 2. The fourth-order valence-electron chi connectivity index (χ4n) is 7.28. The highest BCUT2D eigenvalue weighted by atomic mass is 32.2. The van der Waals surface area contributed by atoms with Gasteiger partial charge >= 0.3 is 6.09 Å². The van der Waals surface area contributed by atoms with Crippen LogP contribution in [0.5, 0.6) is 0 Å². The van der Waals surface area contributed by atoms with Gasteiger partial charge in [0, 0.05) is 18.1 Å². The van der Waals surface area contributed by atoms with Crippen LogP contribution in [0.3, 0.4) is 0 Å². The largest absolute Gasteiger partial charge is 0.464 e. The minimum absolute atomic E-state index is 0.0603. The molecule has 31 heavy (non-hydrogen) atoms. The lowest BCUT2D eigenvalue weighted by atomic mass is 9.68. The smallest absolute Gasteiger partial charge is 0.421 e. The maximum atomic E-state index is 13.2. The molecule has 0 unspecified atom stereocenters.